The van der Waals surface area contributed by atoms with Crippen LogP contribution in [-0.2, 0) is 28.6 Å². The van der Waals surface area contributed by atoms with Gasteiger partial charge in [-0.05, 0) is 31.6 Å². The quantitative estimate of drug-likeness (QED) is 0.377. The molecule has 0 heterocycles. The lowest BCUT2D eigenvalue weighted by Gasteiger charge is -2.21. The van der Waals surface area contributed by atoms with Crippen molar-refractivity contribution in [3.8, 4) is 0 Å². The normalized spacial score (nSPS) is 13.0. The summed E-state index contributed by atoms with van der Waals surface area (Å²) in [6.45, 7) is 8.59. The molecule has 0 aromatic heterocycles. The molecular formula is C18H32O6. The lowest BCUT2D eigenvalue weighted by molar-refractivity contribution is -0.153. The minimum atomic E-state index is -0.468. The van der Waals surface area contributed by atoms with Crippen molar-refractivity contribution >= 4 is 17.9 Å². The van der Waals surface area contributed by atoms with Gasteiger partial charge in [0.2, 0.25) is 0 Å². The maximum Gasteiger partial charge on any atom is 0.308 e. The first-order valence-corrected chi connectivity index (χ1v) is 8.94. The molecule has 0 saturated heterocycles. The van der Waals surface area contributed by atoms with E-state index in [0.717, 1.165) is 19.3 Å². The van der Waals surface area contributed by atoms with Crippen LogP contribution in [0.2, 0.25) is 0 Å². The highest BCUT2D eigenvalue weighted by molar-refractivity contribution is 5.75. The summed E-state index contributed by atoms with van der Waals surface area (Å²) < 4.78 is 15.3. The SMILES string of the molecule is CCCOC(=O)CCC(CC(=O)OCCC)C(C)C(=O)OCCC. The van der Waals surface area contributed by atoms with E-state index in [9.17, 15) is 14.4 Å². The minimum absolute atomic E-state index is 0.101. The van der Waals surface area contributed by atoms with Gasteiger partial charge in [-0.25, -0.2) is 0 Å². The first-order chi connectivity index (χ1) is 11.5. The number of carbonyl (C=O) groups is 3. The Labute approximate surface area is 145 Å². The van der Waals surface area contributed by atoms with Crippen molar-refractivity contribution in [1.82, 2.24) is 0 Å². The third-order valence-corrected chi connectivity index (χ3v) is 3.61. The Bertz CT molecular complexity index is 380. The fourth-order valence-electron chi connectivity index (χ4n) is 2.14. The van der Waals surface area contributed by atoms with Gasteiger partial charge in [0.1, 0.15) is 0 Å². The van der Waals surface area contributed by atoms with Crippen LogP contribution in [0.25, 0.3) is 0 Å². The van der Waals surface area contributed by atoms with E-state index in [0.29, 0.717) is 26.2 Å². The van der Waals surface area contributed by atoms with Crippen molar-refractivity contribution in [2.45, 2.75) is 66.2 Å². The highest BCUT2D eigenvalue weighted by atomic mass is 16.5. The molecule has 0 saturated carbocycles. The third kappa shape index (κ3) is 10.2. The molecule has 0 aliphatic carbocycles. The summed E-state index contributed by atoms with van der Waals surface area (Å²) in [4.78, 5) is 35.6. The maximum absolute atomic E-state index is 12.1. The zero-order valence-electron chi connectivity index (χ0n) is 15.5. The third-order valence-electron chi connectivity index (χ3n) is 3.61. The van der Waals surface area contributed by atoms with Crippen LogP contribution in [0.15, 0.2) is 0 Å². The second-order valence-corrected chi connectivity index (χ2v) is 5.90. The van der Waals surface area contributed by atoms with Gasteiger partial charge < -0.3 is 14.2 Å². The smallest absolute Gasteiger partial charge is 0.308 e. The lowest BCUT2D eigenvalue weighted by Crippen LogP contribution is -2.27. The topological polar surface area (TPSA) is 78.9 Å². The lowest BCUT2D eigenvalue weighted by atomic mass is 9.87. The minimum Gasteiger partial charge on any atom is -0.466 e. The van der Waals surface area contributed by atoms with Gasteiger partial charge in [-0.15, -0.1) is 0 Å². The van der Waals surface area contributed by atoms with Crippen molar-refractivity contribution in [2.24, 2.45) is 11.8 Å². The number of hydrogen-bond acceptors (Lipinski definition) is 6. The van der Waals surface area contributed by atoms with Crippen molar-refractivity contribution < 1.29 is 28.6 Å². The summed E-state index contributed by atoms with van der Waals surface area (Å²) in [6, 6.07) is 0. The number of carbonyl (C=O) groups excluding carboxylic acids is 3. The van der Waals surface area contributed by atoms with Crippen molar-refractivity contribution in [1.29, 1.82) is 0 Å². The first-order valence-electron chi connectivity index (χ1n) is 8.94. The fraction of sp³-hybridized carbons (Fsp3) is 0.833. The van der Waals surface area contributed by atoms with E-state index < -0.39 is 5.92 Å². The molecule has 2 unspecified atom stereocenters. The molecule has 0 N–H and O–H groups in total. The monoisotopic (exact) mass is 344 g/mol. The summed E-state index contributed by atoms with van der Waals surface area (Å²) in [5, 5.41) is 0. The van der Waals surface area contributed by atoms with Crippen LogP contribution >= 0.6 is 0 Å². The number of rotatable bonds is 13. The van der Waals surface area contributed by atoms with Crippen molar-refractivity contribution in [2.75, 3.05) is 19.8 Å². The zero-order valence-corrected chi connectivity index (χ0v) is 15.5. The van der Waals surface area contributed by atoms with Gasteiger partial charge in [0.15, 0.2) is 0 Å². The fourth-order valence-corrected chi connectivity index (χ4v) is 2.14. The van der Waals surface area contributed by atoms with Crippen LogP contribution in [0.4, 0.5) is 0 Å². The average Bonchev–Trinajstić information content (AvgIpc) is 2.58. The van der Waals surface area contributed by atoms with E-state index in [4.69, 9.17) is 14.2 Å². The summed E-state index contributed by atoms with van der Waals surface area (Å²) in [5.74, 6) is -1.76. The molecule has 0 aliphatic rings. The molecule has 0 aromatic rings. The van der Waals surface area contributed by atoms with Crippen LogP contribution < -0.4 is 0 Å². The van der Waals surface area contributed by atoms with Crippen LogP contribution in [0.1, 0.15) is 66.2 Å². The van der Waals surface area contributed by atoms with Crippen LogP contribution in [-0.4, -0.2) is 37.7 Å². The molecule has 2 atom stereocenters. The predicted molar refractivity (Wildman–Crippen MR) is 90.3 cm³/mol. The summed E-state index contributed by atoms with van der Waals surface area (Å²) in [7, 11) is 0. The van der Waals surface area contributed by atoms with Gasteiger partial charge in [-0.2, -0.15) is 0 Å². The molecule has 6 nitrogen and oxygen atoms in total. The molecular weight excluding hydrogens is 312 g/mol. The molecule has 0 fully saturated rings. The maximum atomic E-state index is 12.1. The molecule has 0 aliphatic heterocycles. The van der Waals surface area contributed by atoms with E-state index in [1.54, 1.807) is 6.92 Å². The molecule has 0 aromatic carbocycles. The highest BCUT2D eigenvalue weighted by Crippen LogP contribution is 2.24. The Morgan fingerprint density at radius 1 is 0.792 bits per heavy atom. The Kier molecular flexibility index (Phi) is 12.9. The van der Waals surface area contributed by atoms with Crippen LogP contribution in [0, 0.1) is 11.8 Å². The Morgan fingerprint density at radius 3 is 1.83 bits per heavy atom. The Balaban J connectivity index is 4.65. The van der Waals surface area contributed by atoms with Gasteiger partial charge in [-0.3, -0.25) is 14.4 Å². The molecule has 0 rings (SSSR count). The predicted octanol–water partition coefficient (Wildman–Crippen LogP) is 3.27. The summed E-state index contributed by atoms with van der Waals surface area (Å²) in [5.41, 5.74) is 0. The van der Waals surface area contributed by atoms with Gasteiger partial charge in [-0.1, -0.05) is 27.7 Å². The number of ether oxygens (including phenoxy) is 3. The molecule has 140 valence electrons. The van der Waals surface area contributed by atoms with Crippen molar-refractivity contribution in [3.63, 3.8) is 0 Å². The van der Waals surface area contributed by atoms with Crippen molar-refractivity contribution in [3.05, 3.63) is 0 Å². The molecule has 6 heteroatoms. The molecule has 0 bridgehead atoms. The molecule has 0 amide bonds. The van der Waals surface area contributed by atoms with E-state index in [2.05, 4.69) is 0 Å². The van der Waals surface area contributed by atoms with Crippen LogP contribution in [0.5, 0.6) is 0 Å². The number of hydrogen-bond donors (Lipinski definition) is 0. The van der Waals surface area contributed by atoms with Gasteiger partial charge in [0.05, 0.1) is 25.7 Å². The number of esters is 3. The second kappa shape index (κ2) is 13.8. The van der Waals surface area contributed by atoms with Gasteiger partial charge in [0, 0.05) is 12.8 Å². The van der Waals surface area contributed by atoms with E-state index in [-0.39, 0.29) is 36.7 Å². The van der Waals surface area contributed by atoms with Crippen LogP contribution in [0.3, 0.4) is 0 Å². The highest BCUT2D eigenvalue weighted by Gasteiger charge is 2.28. The van der Waals surface area contributed by atoms with E-state index in [1.165, 1.54) is 0 Å². The second-order valence-electron chi connectivity index (χ2n) is 5.90. The van der Waals surface area contributed by atoms with E-state index >= 15 is 0 Å². The molecule has 0 radical (unpaired) electrons. The van der Waals surface area contributed by atoms with Gasteiger partial charge in [0.25, 0.3) is 0 Å². The standard InChI is InChI=1S/C18H32O6/c1-5-10-22-16(19)9-8-15(13-17(20)23-11-6-2)14(4)18(21)24-12-7-3/h14-15H,5-13H2,1-4H3. The zero-order chi connectivity index (χ0) is 18.4. The largest absolute Gasteiger partial charge is 0.466 e. The van der Waals surface area contributed by atoms with E-state index in [1.807, 2.05) is 20.8 Å². The Morgan fingerprint density at radius 2 is 1.29 bits per heavy atom. The Hall–Kier alpha value is -1.59. The molecule has 0 spiro atoms. The summed E-state index contributed by atoms with van der Waals surface area (Å²) in [6.07, 6.45) is 2.92. The van der Waals surface area contributed by atoms with Gasteiger partial charge >= 0.3 is 17.9 Å². The molecule has 24 heavy (non-hydrogen) atoms. The average molecular weight is 344 g/mol. The first kappa shape index (κ1) is 22.4. The summed E-state index contributed by atoms with van der Waals surface area (Å²) >= 11 is 0.